The number of tetrazole rings is 1. The molecule has 0 amide bonds. The van der Waals surface area contributed by atoms with Gasteiger partial charge in [0, 0.05) is 19.1 Å². The number of fused-ring (bicyclic) bond motifs is 1. The number of nitrogens with one attached hydrogen (secondary N) is 2. The van der Waals surface area contributed by atoms with Crippen molar-refractivity contribution in [3.05, 3.63) is 17.3 Å². The number of ether oxygens (including phenoxy) is 5. The van der Waals surface area contributed by atoms with Crippen molar-refractivity contribution in [2.45, 2.75) is 69.0 Å². The van der Waals surface area contributed by atoms with Crippen LogP contribution in [0.5, 0.6) is 0 Å². The Bertz CT molecular complexity index is 1410. The van der Waals surface area contributed by atoms with Crippen LogP contribution in [0.3, 0.4) is 0 Å². The molecule has 5 rings (SSSR count). The maximum atomic E-state index is 12.8. The number of aliphatic hydroxyl groups excluding tert-OH is 1. The number of halogens is 1. The number of methoxy groups -OCH3 is 1. The third-order valence-corrected chi connectivity index (χ3v) is 9.47. The number of nitrogens with zero attached hydrogens (tertiary/aromatic N) is 7. The van der Waals surface area contributed by atoms with E-state index in [-0.39, 0.29) is 43.6 Å². The van der Waals surface area contributed by atoms with Gasteiger partial charge in [0.15, 0.2) is 17.7 Å². The normalized spacial score (nSPS) is 24.3. The van der Waals surface area contributed by atoms with Crippen molar-refractivity contribution in [3.63, 3.8) is 0 Å². The summed E-state index contributed by atoms with van der Waals surface area (Å²) < 4.78 is 42.4. The first kappa shape index (κ1) is 33.0. The minimum atomic E-state index is -5.03. The molecule has 20 heteroatoms. The van der Waals surface area contributed by atoms with Gasteiger partial charge in [-0.25, -0.2) is 4.68 Å². The maximum absolute atomic E-state index is 12.8. The van der Waals surface area contributed by atoms with Crippen LogP contribution in [0.25, 0.3) is 11.0 Å². The summed E-state index contributed by atoms with van der Waals surface area (Å²) in [7, 11) is -3.55. The van der Waals surface area contributed by atoms with E-state index in [0.29, 0.717) is 16.9 Å². The Morgan fingerprint density at radius 2 is 2.00 bits per heavy atom. The van der Waals surface area contributed by atoms with Gasteiger partial charge in [-0.15, -0.1) is 10.2 Å². The SMILES string of the molecule is COCCOC[C@](COCc1nn[nH]n1)(OC[C@H]1O[C@@H](n2ncc3c(NC4CCCC4)nc(Cl)nc32)[C@H](O)[C@@H]1C)P(=O)(O)O. The number of anilines is 1. The first-order valence-corrected chi connectivity index (χ1v) is 16.2. The Morgan fingerprint density at radius 3 is 2.70 bits per heavy atom. The lowest BCUT2D eigenvalue weighted by atomic mass is 10.0. The lowest BCUT2D eigenvalue weighted by molar-refractivity contribution is -0.136. The number of aromatic nitrogens is 8. The summed E-state index contributed by atoms with van der Waals surface area (Å²) in [5.41, 5.74) is 0.370. The van der Waals surface area contributed by atoms with Gasteiger partial charge in [-0.2, -0.15) is 20.3 Å². The third-order valence-electron chi connectivity index (χ3n) is 7.85. The van der Waals surface area contributed by atoms with E-state index in [2.05, 4.69) is 41.0 Å². The predicted octanol–water partition coefficient (Wildman–Crippen LogP) is 1.01. The van der Waals surface area contributed by atoms with Gasteiger partial charge < -0.3 is 43.9 Å². The smallest absolute Gasteiger partial charge is 0.361 e. The Morgan fingerprint density at radius 1 is 1.23 bits per heavy atom. The molecule has 18 nitrogen and oxygen atoms in total. The summed E-state index contributed by atoms with van der Waals surface area (Å²) in [6.45, 7) is 0.394. The zero-order valence-electron chi connectivity index (χ0n) is 24.3. The number of hydrogen-bond donors (Lipinski definition) is 5. The van der Waals surface area contributed by atoms with Crippen LogP contribution in [0.15, 0.2) is 6.20 Å². The first-order valence-electron chi connectivity index (χ1n) is 14.2. The highest BCUT2D eigenvalue weighted by Crippen LogP contribution is 2.52. The van der Waals surface area contributed by atoms with E-state index < -0.39 is 50.5 Å². The molecule has 5 N–H and O–H groups in total. The van der Waals surface area contributed by atoms with Crippen molar-refractivity contribution < 1.29 is 43.1 Å². The molecule has 244 valence electrons. The van der Waals surface area contributed by atoms with Crippen LogP contribution in [0.2, 0.25) is 5.28 Å². The van der Waals surface area contributed by atoms with E-state index in [1.165, 1.54) is 11.8 Å². The maximum Gasteiger partial charge on any atom is 0.361 e. The monoisotopic (exact) mass is 661 g/mol. The molecule has 44 heavy (non-hydrogen) atoms. The molecule has 1 saturated heterocycles. The average molecular weight is 662 g/mol. The minimum Gasteiger partial charge on any atom is -0.388 e. The van der Waals surface area contributed by atoms with E-state index in [9.17, 15) is 19.5 Å². The van der Waals surface area contributed by atoms with Gasteiger partial charge in [-0.05, 0) is 24.4 Å². The summed E-state index contributed by atoms with van der Waals surface area (Å²) in [5, 5.41) is 30.7. The molecule has 1 saturated carbocycles. The summed E-state index contributed by atoms with van der Waals surface area (Å²) in [5.74, 6) is 0.205. The number of H-pyrrole nitrogens is 1. The fourth-order valence-electron chi connectivity index (χ4n) is 5.25. The fourth-order valence-corrected chi connectivity index (χ4v) is 6.18. The molecular formula is C24H37ClN9O9P. The van der Waals surface area contributed by atoms with Crippen molar-refractivity contribution in [1.29, 1.82) is 0 Å². The zero-order chi connectivity index (χ0) is 31.3. The second kappa shape index (κ2) is 14.4. The molecule has 0 unspecified atom stereocenters. The zero-order valence-corrected chi connectivity index (χ0v) is 25.9. The Labute approximate surface area is 257 Å². The molecule has 1 aliphatic carbocycles. The highest BCUT2D eigenvalue weighted by molar-refractivity contribution is 7.53. The number of aliphatic hydroxyl groups is 1. The highest BCUT2D eigenvalue weighted by Gasteiger charge is 2.51. The fraction of sp³-hybridized carbons (Fsp3) is 0.750. The molecular weight excluding hydrogens is 625 g/mol. The average Bonchev–Trinajstić information content (AvgIpc) is 3.79. The molecule has 0 aromatic carbocycles. The van der Waals surface area contributed by atoms with Crippen molar-refractivity contribution in [1.82, 2.24) is 40.4 Å². The molecule has 3 aromatic rings. The van der Waals surface area contributed by atoms with Crippen LogP contribution >= 0.6 is 19.2 Å². The summed E-state index contributed by atoms with van der Waals surface area (Å²) >= 11 is 6.27. The van der Waals surface area contributed by atoms with Crippen molar-refractivity contribution in [2.24, 2.45) is 5.92 Å². The van der Waals surface area contributed by atoms with E-state index >= 15 is 0 Å². The second-order valence-corrected chi connectivity index (χ2v) is 13.1. The molecule has 4 heterocycles. The van der Waals surface area contributed by atoms with Crippen molar-refractivity contribution in [2.75, 3.05) is 45.5 Å². The number of hydrogen-bond acceptors (Lipinski definition) is 14. The summed E-state index contributed by atoms with van der Waals surface area (Å²) in [4.78, 5) is 29.5. The minimum absolute atomic E-state index is 0.0147. The molecule has 0 radical (unpaired) electrons. The van der Waals surface area contributed by atoms with Gasteiger partial charge in [-0.3, -0.25) is 4.57 Å². The molecule has 2 fully saturated rings. The van der Waals surface area contributed by atoms with Crippen LogP contribution < -0.4 is 5.32 Å². The van der Waals surface area contributed by atoms with Gasteiger partial charge in [0.1, 0.15) is 18.5 Å². The van der Waals surface area contributed by atoms with Gasteiger partial charge in [0.05, 0.1) is 50.7 Å². The predicted molar refractivity (Wildman–Crippen MR) is 153 cm³/mol. The molecule has 3 aromatic heterocycles. The van der Waals surface area contributed by atoms with E-state index in [0.717, 1.165) is 25.7 Å². The molecule has 0 bridgehead atoms. The Balaban J connectivity index is 1.32. The van der Waals surface area contributed by atoms with Gasteiger partial charge in [-0.1, -0.05) is 25.0 Å². The van der Waals surface area contributed by atoms with E-state index in [1.807, 2.05) is 0 Å². The van der Waals surface area contributed by atoms with Crippen molar-refractivity contribution in [3.8, 4) is 0 Å². The van der Waals surface area contributed by atoms with Gasteiger partial charge in [0.2, 0.25) is 10.6 Å². The van der Waals surface area contributed by atoms with Crippen LogP contribution in [-0.2, 0) is 34.9 Å². The molecule has 2 aliphatic rings. The first-order chi connectivity index (χ1) is 21.1. The van der Waals surface area contributed by atoms with Gasteiger partial charge in [0.25, 0.3) is 0 Å². The summed E-state index contributed by atoms with van der Waals surface area (Å²) in [6.07, 6.45) is 3.05. The molecule has 1 aliphatic heterocycles. The lowest BCUT2D eigenvalue weighted by Crippen LogP contribution is -2.45. The Kier molecular flexibility index (Phi) is 10.8. The summed E-state index contributed by atoms with van der Waals surface area (Å²) in [6, 6.07) is 0.270. The molecule has 0 spiro atoms. The lowest BCUT2D eigenvalue weighted by Gasteiger charge is -2.34. The topological polar surface area (TPSA) is 234 Å². The van der Waals surface area contributed by atoms with Crippen molar-refractivity contribution >= 4 is 36.0 Å². The number of rotatable bonds is 16. The van der Waals surface area contributed by atoms with Crippen LogP contribution in [0.4, 0.5) is 5.82 Å². The standard InChI is InChI=1S/C24H37ClN9O9P/c1-14-17(10-42-24(44(36,37)38,12-40-8-7-39-2)13-41-11-18-30-32-33-31-18)43-22(19(14)35)34-21-16(9-26-34)20(28-23(25)29-21)27-15-5-3-4-6-15/h9,14-15,17,19,22,35H,3-8,10-13H2,1-2H3,(H,27,28,29)(H2,36,37,38)(H,30,31,32,33)/t14-,17-,19-,22-,24+/m1/s1. The van der Waals surface area contributed by atoms with Crippen LogP contribution in [0, 0.1) is 5.92 Å². The van der Waals surface area contributed by atoms with E-state index in [4.69, 9.17) is 35.3 Å². The van der Waals surface area contributed by atoms with Crippen LogP contribution in [0.1, 0.15) is 44.7 Å². The second-order valence-electron chi connectivity index (χ2n) is 10.9. The quantitative estimate of drug-likeness (QED) is 0.0818. The van der Waals surface area contributed by atoms with E-state index in [1.54, 1.807) is 13.1 Å². The van der Waals surface area contributed by atoms with Crippen LogP contribution in [-0.4, -0.2) is 119 Å². The highest BCUT2D eigenvalue weighted by atomic mass is 35.5. The van der Waals surface area contributed by atoms with Gasteiger partial charge >= 0.3 is 7.60 Å². The molecule has 5 atom stereocenters. The largest absolute Gasteiger partial charge is 0.388 e. The third kappa shape index (κ3) is 7.36. The Hall–Kier alpha value is -2.38. The number of aromatic amines is 1.